The van der Waals surface area contributed by atoms with Crippen molar-refractivity contribution in [3.63, 3.8) is 0 Å². The van der Waals surface area contributed by atoms with Crippen molar-refractivity contribution in [2.24, 2.45) is 0 Å². The number of allylic oxidation sites excluding steroid dienone is 1. The smallest absolute Gasteiger partial charge is 0.282 e. The molecule has 0 radical (unpaired) electrons. The lowest BCUT2D eigenvalue weighted by molar-refractivity contribution is 0.489. The van der Waals surface area contributed by atoms with E-state index in [1.807, 2.05) is 54.6 Å². The highest BCUT2D eigenvalue weighted by molar-refractivity contribution is 7.90. The van der Waals surface area contributed by atoms with E-state index in [0.717, 1.165) is 16.7 Å². The van der Waals surface area contributed by atoms with Gasteiger partial charge in [0.15, 0.2) is 0 Å². The van der Waals surface area contributed by atoms with E-state index in [-0.39, 0.29) is 4.91 Å². The molecule has 0 bridgehead atoms. The fourth-order valence-corrected chi connectivity index (χ4v) is 3.34. The second kappa shape index (κ2) is 4.33. The normalized spacial score (nSPS) is 17.9. The van der Waals surface area contributed by atoms with Crippen LogP contribution in [0.4, 0.5) is 0 Å². The van der Waals surface area contributed by atoms with Gasteiger partial charge in [0, 0.05) is 5.92 Å². The minimum absolute atomic E-state index is 0.0416. The molecule has 1 aliphatic carbocycles. The molecule has 2 aromatic carbocycles. The van der Waals surface area contributed by atoms with Crippen LogP contribution in [-0.4, -0.2) is 13.0 Å². The van der Waals surface area contributed by atoms with Gasteiger partial charge in [-0.25, -0.2) is 0 Å². The Bertz CT molecular complexity index is 746. The molecular weight excluding hydrogens is 260 g/mol. The minimum atomic E-state index is -4.21. The number of benzene rings is 2. The zero-order chi connectivity index (χ0) is 13.5. The Kier molecular flexibility index (Phi) is 2.77. The molecule has 19 heavy (non-hydrogen) atoms. The molecule has 96 valence electrons. The fourth-order valence-electron chi connectivity index (χ4n) is 2.51. The van der Waals surface area contributed by atoms with Crippen LogP contribution in [0, 0.1) is 0 Å². The number of rotatable bonds is 2. The predicted molar refractivity (Wildman–Crippen MR) is 74.3 cm³/mol. The van der Waals surface area contributed by atoms with Gasteiger partial charge in [0.1, 0.15) is 0 Å². The van der Waals surface area contributed by atoms with Gasteiger partial charge in [0.25, 0.3) is 10.1 Å². The second-order valence-electron chi connectivity index (χ2n) is 4.49. The van der Waals surface area contributed by atoms with E-state index >= 15 is 0 Å². The number of fused-ring (bicyclic) bond motifs is 1. The molecule has 2 aromatic rings. The van der Waals surface area contributed by atoms with Crippen LogP contribution >= 0.6 is 0 Å². The van der Waals surface area contributed by atoms with E-state index in [9.17, 15) is 13.0 Å². The molecule has 3 rings (SSSR count). The molecule has 0 saturated carbocycles. The van der Waals surface area contributed by atoms with E-state index in [1.165, 1.54) is 0 Å². The summed E-state index contributed by atoms with van der Waals surface area (Å²) in [6.07, 6.45) is 1.54. The predicted octanol–water partition coefficient (Wildman–Crippen LogP) is 3.06. The first kappa shape index (κ1) is 12.1. The monoisotopic (exact) mass is 272 g/mol. The van der Waals surface area contributed by atoms with Gasteiger partial charge in [-0.1, -0.05) is 54.6 Å². The summed E-state index contributed by atoms with van der Waals surface area (Å²) in [7, 11) is -4.21. The lowest BCUT2D eigenvalue weighted by Gasteiger charge is -2.15. The summed E-state index contributed by atoms with van der Waals surface area (Å²) in [6.45, 7) is 0. The highest BCUT2D eigenvalue weighted by Gasteiger charge is 2.33. The lowest BCUT2D eigenvalue weighted by Crippen LogP contribution is -2.09. The molecule has 1 unspecified atom stereocenters. The zero-order valence-electron chi connectivity index (χ0n) is 10.0. The van der Waals surface area contributed by atoms with Crippen LogP contribution < -0.4 is 0 Å². The Hall–Kier alpha value is -1.91. The number of hydrogen-bond acceptors (Lipinski definition) is 2. The molecule has 4 heteroatoms. The standard InChI is InChI=1S/C15H12O3S/c16-19(17,18)14-10-12-8-4-5-9-13(12)15(14)11-6-2-1-3-7-11/h1-10,15H,(H,16,17,18). The van der Waals surface area contributed by atoms with Crippen molar-refractivity contribution >= 4 is 16.2 Å². The van der Waals surface area contributed by atoms with Crippen LogP contribution in [0.15, 0.2) is 59.5 Å². The topological polar surface area (TPSA) is 54.4 Å². The van der Waals surface area contributed by atoms with Crippen molar-refractivity contribution < 1.29 is 13.0 Å². The maximum Gasteiger partial charge on any atom is 0.291 e. The molecular formula is C15H12O3S. The van der Waals surface area contributed by atoms with Crippen LogP contribution in [0.25, 0.3) is 6.08 Å². The van der Waals surface area contributed by atoms with Crippen molar-refractivity contribution in [2.75, 3.05) is 0 Å². The van der Waals surface area contributed by atoms with Gasteiger partial charge in [-0.15, -0.1) is 0 Å². The molecule has 0 aromatic heterocycles. The Morgan fingerprint density at radius 3 is 2.21 bits per heavy atom. The summed E-state index contributed by atoms with van der Waals surface area (Å²) >= 11 is 0. The highest BCUT2D eigenvalue weighted by atomic mass is 32.2. The van der Waals surface area contributed by atoms with Gasteiger partial charge in [-0.3, -0.25) is 4.55 Å². The van der Waals surface area contributed by atoms with Crippen LogP contribution in [0.1, 0.15) is 22.6 Å². The van der Waals surface area contributed by atoms with E-state index in [1.54, 1.807) is 6.08 Å². The third-order valence-electron chi connectivity index (χ3n) is 3.32. The first-order valence-electron chi connectivity index (χ1n) is 5.90. The second-order valence-corrected chi connectivity index (χ2v) is 5.92. The van der Waals surface area contributed by atoms with Crippen molar-refractivity contribution in [3.8, 4) is 0 Å². The summed E-state index contributed by atoms with van der Waals surface area (Å²) in [6, 6.07) is 16.8. The largest absolute Gasteiger partial charge is 0.291 e. The van der Waals surface area contributed by atoms with E-state index < -0.39 is 16.0 Å². The molecule has 0 spiro atoms. The summed E-state index contributed by atoms with van der Waals surface area (Å²) in [5.74, 6) is -0.424. The van der Waals surface area contributed by atoms with Crippen molar-refractivity contribution in [2.45, 2.75) is 5.92 Å². The van der Waals surface area contributed by atoms with E-state index in [4.69, 9.17) is 0 Å². The average molecular weight is 272 g/mol. The molecule has 3 nitrogen and oxygen atoms in total. The molecule has 0 saturated heterocycles. The lowest BCUT2D eigenvalue weighted by atomic mass is 9.93. The van der Waals surface area contributed by atoms with Gasteiger partial charge in [0.05, 0.1) is 4.91 Å². The van der Waals surface area contributed by atoms with Crippen LogP contribution in [0.3, 0.4) is 0 Å². The Balaban J connectivity index is 2.23. The SMILES string of the molecule is O=S(=O)(O)C1=Cc2ccccc2C1c1ccccc1. The molecule has 0 fully saturated rings. The molecule has 0 aliphatic heterocycles. The quantitative estimate of drug-likeness (QED) is 0.855. The molecule has 1 N–H and O–H groups in total. The van der Waals surface area contributed by atoms with Gasteiger partial charge in [-0.05, 0) is 22.8 Å². The summed E-state index contributed by atoms with van der Waals surface area (Å²) in [4.78, 5) is 0.0416. The van der Waals surface area contributed by atoms with Crippen molar-refractivity contribution in [3.05, 3.63) is 76.2 Å². The van der Waals surface area contributed by atoms with Crippen molar-refractivity contribution in [1.29, 1.82) is 0 Å². The molecule has 1 atom stereocenters. The van der Waals surface area contributed by atoms with Crippen molar-refractivity contribution in [1.82, 2.24) is 0 Å². The van der Waals surface area contributed by atoms with Gasteiger partial charge >= 0.3 is 0 Å². The van der Waals surface area contributed by atoms with E-state index in [2.05, 4.69) is 0 Å². The molecule has 1 aliphatic rings. The maximum absolute atomic E-state index is 11.6. The number of hydrogen-bond donors (Lipinski definition) is 1. The summed E-state index contributed by atoms with van der Waals surface area (Å²) < 4.78 is 32.6. The van der Waals surface area contributed by atoms with Crippen LogP contribution in [0.5, 0.6) is 0 Å². The van der Waals surface area contributed by atoms with Gasteiger partial charge < -0.3 is 0 Å². The van der Waals surface area contributed by atoms with Gasteiger partial charge in [0.2, 0.25) is 0 Å². The third kappa shape index (κ3) is 2.09. The Morgan fingerprint density at radius 2 is 1.53 bits per heavy atom. The fraction of sp³-hybridized carbons (Fsp3) is 0.0667. The maximum atomic E-state index is 11.6. The van der Waals surface area contributed by atoms with Gasteiger partial charge in [-0.2, -0.15) is 8.42 Å². The third-order valence-corrected chi connectivity index (χ3v) is 4.27. The van der Waals surface area contributed by atoms with E-state index in [0.29, 0.717) is 0 Å². The Morgan fingerprint density at radius 1 is 0.895 bits per heavy atom. The van der Waals surface area contributed by atoms with Crippen LogP contribution in [-0.2, 0) is 10.1 Å². The first-order valence-corrected chi connectivity index (χ1v) is 7.34. The highest BCUT2D eigenvalue weighted by Crippen LogP contribution is 2.42. The zero-order valence-corrected chi connectivity index (χ0v) is 10.8. The summed E-state index contributed by atoms with van der Waals surface area (Å²) in [5, 5.41) is 0. The average Bonchev–Trinajstić information content (AvgIpc) is 2.79. The first-order chi connectivity index (χ1) is 9.07. The molecule has 0 amide bonds. The summed E-state index contributed by atoms with van der Waals surface area (Å²) in [5.41, 5.74) is 2.60. The Labute approximate surface area is 112 Å². The van der Waals surface area contributed by atoms with Crippen LogP contribution in [0.2, 0.25) is 0 Å². The molecule has 0 heterocycles. The minimum Gasteiger partial charge on any atom is -0.282 e.